The molecule has 0 spiro atoms. The summed E-state index contributed by atoms with van der Waals surface area (Å²) >= 11 is 0. The zero-order valence-electron chi connectivity index (χ0n) is 8.83. The van der Waals surface area contributed by atoms with Gasteiger partial charge in [0.25, 0.3) is 0 Å². The van der Waals surface area contributed by atoms with Crippen LogP contribution in [0, 0.1) is 0 Å². The van der Waals surface area contributed by atoms with E-state index in [0.29, 0.717) is 19.3 Å². The van der Waals surface area contributed by atoms with Crippen molar-refractivity contribution in [3.8, 4) is 5.75 Å². The van der Waals surface area contributed by atoms with Gasteiger partial charge in [-0.2, -0.15) is 0 Å². The Hall–Kier alpha value is -1.09. The molecule has 2 nitrogen and oxygen atoms in total. The van der Waals surface area contributed by atoms with Gasteiger partial charge in [-0.1, -0.05) is 12.1 Å². The molecule has 1 fully saturated rings. The molecule has 82 valence electrons. The third kappa shape index (κ3) is 1.97. The van der Waals surface area contributed by atoms with Crippen LogP contribution in [0.5, 0.6) is 5.75 Å². The molecule has 2 atom stereocenters. The molecule has 2 unspecified atom stereocenters. The van der Waals surface area contributed by atoms with Crippen molar-refractivity contribution >= 4 is 0 Å². The zero-order chi connectivity index (χ0) is 11.1. The van der Waals surface area contributed by atoms with Crippen LogP contribution in [-0.4, -0.2) is 10.8 Å². The van der Waals surface area contributed by atoms with Crippen molar-refractivity contribution in [2.45, 2.75) is 37.4 Å². The maximum Gasteiger partial charge on any atom is 0.115 e. The van der Waals surface area contributed by atoms with Crippen LogP contribution in [0.2, 0.25) is 0 Å². The van der Waals surface area contributed by atoms with Crippen LogP contribution in [0.3, 0.4) is 0 Å². The van der Waals surface area contributed by atoms with Crippen molar-refractivity contribution in [2.24, 2.45) is 5.73 Å². The molecular weight excluding hydrogens is 193 g/mol. The third-order valence-electron chi connectivity index (χ3n) is 3.22. The third-order valence-corrected chi connectivity index (χ3v) is 3.22. The van der Waals surface area contributed by atoms with Gasteiger partial charge in [-0.15, -0.1) is 0 Å². The molecule has 1 aliphatic carbocycles. The Morgan fingerprint density at radius 2 is 1.87 bits per heavy atom. The van der Waals surface area contributed by atoms with Crippen molar-refractivity contribution in [1.29, 1.82) is 0 Å². The van der Waals surface area contributed by atoms with E-state index in [-0.39, 0.29) is 5.75 Å². The maximum atomic E-state index is 13.7. The van der Waals surface area contributed by atoms with Crippen LogP contribution >= 0.6 is 0 Å². The van der Waals surface area contributed by atoms with Crippen molar-refractivity contribution in [3.05, 3.63) is 29.8 Å². The topological polar surface area (TPSA) is 46.2 Å². The molecule has 1 aromatic carbocycles. The Kier molecular flexibility index (Phi) is 2.23. The van der Waals surface area contributed by atoms with E-state index in [4.69, 9.17) is 5.73 Å². The Morgan fingerprint density at radius 3 is 2.33 bits per heavy atom. The average molecular weight is 209 g/mol. The molecule has 0 heterocycles. The highest BCUT2D eigenvalue weighted by atomic mass is 19.1. The molecule has 15 heavy (non-hydrogen) atoms. The van der Waals surface area contributed by atoms with E-state index in [2.05, 4.69) is 0 Å². The highest BCUT2D eigenvalue weighted by Crippen LogP contribution is 2.44. The molecule has 0 aliphatic heterocycles. The Morgan fingerprint density at radius 1 is 1.27 bits per heavy atom. The predicted octanol–water partition coefficient (Wildman–Crippen LogP) is 2.46. The summed E-state index contributed by atoms with van der Waals surface area (Å²) < 4.78 is 13.7. The minimum atomic E-state index is -1.16. The lowest BCUT2D eigenvalue weighted by Crippen LogP contribution is -2.35. The molecule has 3 N–H and O–H groups in total. The Labute approximate surface area is 88.9 Å². The van der Waals surface area contributed by atoms with Crippen molar-refractivity contribution < 1.29 is 9.50 Å². The molecule has 0 aromatic heterocycles. The van der Waals surface area contributed by atoms with Gasteiger partial charge in [0.05, 0.1) is 0 Å². The average Bonchev–Trinajstić information content (AvgIpc) is 2.43. The summed E-state index contributed by atoms with van der Waals surface area (Å²) in [7, 11) is 0. The molecule has 0 radical (unpaired) electrons. The van der Waals surface area contributed by atoms with Gasteiger partial charge >= 0.3 is 0 Å². The molecule has 0 saturated heterocycles. The highest BCUT2D eigenvalue weighted by Gasteiger charge is 2.44. The van der Waals surface area contributed by atoms with E-state index in [9.17, 15) is 9.50 Å². The molecule has 0 amide bonds. The van der Waals surface area contributed by atoms with Crippen LogP contribution < -0.4 is 5.73 Å². The second kappa shape index (κ2) is 3.20. The summed E-state index contributed by atoms with van der Waals surface area (Å²) in [6, 6.07) is 6.74. The fourth-order valence-corrected chi connectivity index (χ4v) is 2.36. The monoisotopic (exact) mass is 209 g/mol. The number of halogens is 1. The highest BCUT2D eigenvalue weighted by molar-refractivity contribution is 5.32. The molecule has 3 heteroatoms. The fraction of sp³-hybridized carbons (Fsp3) is 0.500. The van der Waals surface area contributed by atoms with E-state index < -0.39 is 11.2 Å². The molecule has 0 bridgehead atoms. The Balaban J connectivity index is 2.27. The largest absolute Gasteiger partial charge is 0.508 e. The minimum Gasteiger partial charge on any atom is -0.508 e. The smallest absolute Gasteiger partial charge is 0.115 e. The van der Waals surface area contributed by atoms with E-state index in [1.54, 1.807) is 31.2 Å². The summed E-state index contributed by atoms with van der Waals surface area (Å²) in [5.41, 5.74) is 5.36. The van der Waals surface area contributed by atoms with E-state index in [1.165, 1.54) is 0 Å². The van der Waals surface area contributed by atoms with Gasteiger partial charge in [-0.25, -0.2) is 4.39 Å². The first-order chi connectivity index (χ1) is 6.91. The maximum absolute atomic E-state index is 13.7. The lowest BCUT2D eigenvalue weighted by Gasteiger charge is -2.25. The predicted molar refractivity (Wildman–Crippen MR) is 57.3 cm³/mol. The van der Waals surface area contributed by atoms with Crippen molar-refractivity contribution in [1.82, 2.24) is 0 Å². The number of rotatable bonds is 1. The number of aromatic hydroxyl groups is 1. The molecule has 1 aliphatic rings. The van der Waals surface area contributed by atoms with Crippen LogP contribution in [0.25, 0.3) is 0 Å². The van der Waals surface area contributed by atoms with Gasteiger partial charge in [0, 0.05) is 12.0 Å². The molecule has 1 aromatic rings. The summed E-state index contributed by atoms with van der Waals surface area (Å²) in [6.07, 6.45) is 1.51. The summed E-state index contributed by atoms with van der Waals surface area (Å²) in [6.45, 7) is 1.60. The van der Waals surface area contributed by atoms with Gasteiger partial charge in [0.2, 0.25) is 0 Å². The molecule has 1 saturated carbocycles. The standard InChI is InChI=1S/C12H16FNO/c1-11(13)6-7-12(14,8-11)9-2-4-10(15)5-3-9/h2-5,15H,6-8,14H2,1H3. The number of alkyl halides is 1. The number of hydrogen-bond acceptors (Lipinski definition) is 2. The van der Waals surface area contributed by atoms with Gasteiger partial charge in [-0.05, 0) is 37.5 Å². The van der Waals surface area contributed by atoms with Crippen LogP contribution in [0.4, 0.5) is 4.39 Å². The summed E-state index contributed by atoms with van der Waals surface area (Å²) in [5, 5.41) is 9.17. The molecule has 2 rings (SSSR count). The van der Waals surface area contributed by atoms with E-state index >= 15 is 0 Å². The van der Waals surface area contributed by atoms with Gasteiger partial charge in [0.1, 0.15) is 11.4 Å². The quantitative estimate of drug-likeness (QED) is 0.746. The number of hydrogen-bond donors (Lipinski definition) is 2. The second-order valence-electron chi connectivity index (χ2n) is 4.79. The number of phenols is 1. The van der Waals surface area contributed by atoms with Gasteiger partial charge in [0.15, 0.2) is 0 Å². The van der Waals surface area contributed by atoms with Crippen LogP contribution in [0.1, 0.15) is 31.7 Å². The summed E-state index contributed by atoms with van der Waals surface area (Å²) in [4.78, 5) is 0. The Bertz CT molecular complexity index is 360. The van der Waals surface area contributed by atoms with E-state index in [0.717, 1.165) is 5.56 Å². The second-order valence-corrected chi connectivity index (χ2v) is 4.79. The van der Waals surface area contributed by atoms with E-state index in [1.807, 2.05) is 0 Å². The summed E-state index contributed by atoms with van der Waals surface area (Å²) in [5.74, 6) is 0.211. The zero-order valence-corrected chi connectivity index (χ0v) is 8.83. The lowest BCUT2D eigenvalue weighted by molar-refractivity contribution is 0.187. The van der Waals surface area contributed by atoms with Crippen LogP contribution in [0.15, 0.2) is 24.3 Å². The van der Waals surface area contributed by atoms with Crippen molar-refractivity contribution in [2.75, 3.05) is 0 Å². The first kappa shape index (κ1) is 10.4. The normalized spacial score (nSPS) is 35.7. The van der Waals surface area contributed by atoms with Gasteiger partial charge < -0.3 is 10.8 Å². The lowest BCUT2D eigenvalue weighted by atomic mass is 9.88. The minimum absolute atomic E-state index is 0.211. The first-order valence-electron chi connectivity index (χ1n) is 5.19. The van der Waals surface area contributed by atoms with Gasteiger partial charge in [-0.3, -0.25) is 0 Å². The number of phenolic OH excluding ortho intramolecular Hbond substituents is 1. The number of benzene rings is 1. The number of nitrogens with two attached hydrogens (primary N) is 1. The SMILES string of the molecule is CC1(F)CCC(N)(c2ccc(O)cc2)C1. The molecular formula is C12H16FNO. The first-order valence-corrected chi connectivity index (χ1v) is 5.19. The fourth-order valence-electron chi connectivity index (χ4n) is 2.36. The van der Waals surface area contributed by atoms with Crippen LogP contribution in [-0.2, 0) is 5.54 Å². The van der Waals surface area contributed by atoms with Crippen molar-refractivity contribution in [3.63, 3.8) is 0 Å².